The maximum atomic E-state index is 12.4. The van der Waals surface area contributed by atoms with Crippen molar-refractivity contribution in [2.75, 3.05) is 0 Å². The smallest absolute Gasteiger partial charge is 0.321 e. The molecule has 0 radical (unpaired) electrons. The Morgan fingerprint density at radius 3 is 1.72 bits per heavy atom. The Hall–Kier alpha value is -2.94. The number of benzene rings is 1. The fourth-order valence-electron chi connectivity index (χ4n) is 3.59. The van der Waals surface area contributed by atoms with E-state index in [-0.39, 0.29) is 60.9 Å². The summed E-state index contributed by atoms with van der Waals surface area (Å²) in [6.45, 7) is 12.9. The fourth-order valence-corrected chi connectivity index (χ4v) is 3.59. The monoisotopic (exact) mass is 507 g/mol. The molecule has 0 aliphatic carbocycles. The highest BCUT2D eigenvalue weighted by atomic mass is 16.6. The lowest BCUT2D eigenvalue weighted by atomic mass is 9.87. The third-order valence-corrected chi connectivity index (χ3v) is 5.21. The lowest BCUT2D eigenvalue weighted by molar-refractivity contribution is -0.149. The molecule has 2 unspecified atom stereocenters. The standard InChI is InChI=1S/C27H41NO8/c1-15(2)10-23(29)34-18(7)13-20(26(28)27(32)33)19-8-9-21(35-24(30)11-16(3)4)22(14-19)36-25(31)12-17(5)6/h8-9,14-18,20,26H,10-13,28H2,1-7H3,(H,32,33)/t18?,20?,26-/m0/s1. The molecular weight excluding hydrogens is 466 g/mol. The van der Waals surface area contributed by atoms with E-state index in [0.717, 1.165) is 0 Å². The zero-order valence-electron chi connectivity index (χ0n) is 22.4. The highest BCUT2D eigenvalue weighted by molar-refractivity contribution is 5.77. The molecule has 0 aromatic heterocycles. The van der Waals surface area contributed by atoms with Crippen molar-refractivity contribution >= 4 is 23.9 Å². The second kappa shape index (κ2) is 14.6. The third-order valence-electron chi connectivity index (χ3n) is 5.21. The summed E-state index contributed by atoms with van der Waals surface area (Å²) in [6, 6.07) is 3.19. The number of aliphatic carboxylic acids is 1. The predicted octanol–water partition coefficient (Wildman–Crippen LogP) is 4.45. The number of carbonyl (C=O) groups is 4. The van der Waals surface area contributed by atoms with Crippen LogP contribution in [0, 0.1) is 17.8 Å². The van der Waals surface area contributed by atoms with Gasteiger partial charge in [0.25, 0.3) is 0 Å². The first-order valence-corrected chi connectivity index (χ1v) is 12.4. The van der Waals surface area contributed by atoms with E-state index in [0.29, 0.717) is 5.56 Å². The average Bonchev–Trinajstić information content (AvgIpc) is 2.70. The molecule has 3 atom stereocenters. The molecule has 0 bridgehead atoms. The van der Waals surface area contributed by atoms with Gasteiger partial charge in [0.05, 0.1) is 6.10 Å². The molecule has 0 fully saturated rings. The first kappa shape index (κ1) is 31.1. The number of carboxylic acid groups (broad SMARTS) is 1. The Morgan fingerprint density at radius 2 is 1.25 bits per heavy atom. The maximum Gasteiger partial charge on any atom is 0.321 e. The van der Waals surface area contributed by atoms with Gasteiger partial charge in [-0.3, -0.25) is 19.2 Å². The first-order valence-electron chi connectivity index (χ1n) is 12.4. The Kier molecular flexibility index (Phi) is 12.6. The van der Waals surface area contributed by atoms with Gasteiger partial charge < -0.3 is 25.1 Å². The minimum atomic E-state index is -1.31. The van der Waals surface area contributed by atoms with Crippen LogP contribution in [0.5, 0.6) is 11.5 Å². The average molecular weight is 508 g/mol. The molecule has 1 rings (SSSR count). The van der Waals surface area contributed by atoms with Crippen LogP contribution < -0.4 is 15.2 Å². The van der Waals surface area contributed by atoms with E-state index < -0.39 is 36.0 Å². The summed E-state index contributed by atoms with van der Waals surface area (Å²) < 4.78 is 16.4. The zero-order chi connectivity index (χ0) is 27.6. The lowest BCUT2D eigenvalue weighted by Gasteiger charge is -2.25. The molecule has 3 N–H and O–H groups in total. The van der Waals surface area contributed by atoms with Gasteiger partial charge in [-0.15, -0.1) is 0 Å². The topological polar surface area (TPSA) is 142 Å². The van der Waals surface area contributed by atoms with Crippen molar-refractivity contribution in [3.05, 3.63) is 23.8 Å². The SMILES string of the molecule is CC(C)CC(=O)Oc1ccc(C(CC(C)OC(=O)CC(C)C)[C@H](N)C(=O)O)cc1OC(=O)CC(C)C. The van der Waals surface area contributed by atoms with E-state index in [1.54, 1.807) is 13.0 Å². The second-order valence-electron chi connectivity index (χ2n) is 10.5. The van der Waals surface area contributed by atoms with Gasteiger partial charge >= 0.3 is 23.9 Å². The maximum absolute atomic E-state index is 12.4. The highest BCUT2D eigenvalue weighted by Crippen LogP contribution is 2.35. The summed E-state index contributed by atoms with van der Waals surface area (Å²) in [5.74, 6) is -3.08. The van der Waals surface area contributed by atoms with Gasteiger partial charge in [0.2, 0.25) is 0 Å². The molecule has 0 aliphatic heterocycles. The van der Waals surface area contributed by atoms with E-state index in [2.05, 4.69) is 0 Å². The van der Waals surface area contributed by atoms with Crippen LogP contribution in [-0.4, -0.2) is 41.1 Å². The van der Waals surface area contributed by atoms with Crippen molar-refractivity contribution < 1.29 is 38.5 Å². The van der Waals surface area contributed by atoms with Crippen LogP contribution >= 0.6 is 0 Å². The summed E-state index contributed by atoms with van der Waals surface area (Å²) in [5.41, 5.74) is 6.46. The molecule has 36 heavy (non-hydrogen) atoms. The Balaban J connectivity index is 3.32. The van der Waals surface area contributed by atoms with Crippen molar-refractivity contribution in [3.8, 4) is 11.5 Å². The number of esters is 3. The molecule has 9 nitrogen and oxygen atoms in total. The van der Waals surface area contributed by atoms with E-state index in [9.17, 15) is 24.3 Å². The summed E-state index contributed by atoms with van der Waals surface area (Å²) in [5, 5.41) is 9.61. The summed E-state index contributed by atoms with van der Waals surface area (Å²) in [4.78, 5) is 48.6. The van der Waals surface area contributed by atoms with Crippen LogP contribution in [0.3, 0.4) is 0 Å². The Morgan fingerprint density at radius 1 is 0.778 bits per heavy atom. The molecule has 0 amide bonds. The van der Waals surface area contributed by atoms with Gasteiger partial charge in [-0.1, -0.05) is 47.6 Å². The molecular formula is C27H41NO8. The van der Waals surface area contributed by atoms with Crippen LogP contribution in [0.2, 0.25) is 0 Å². The number of carboxylic acids is 1. The van der Waals surface area contributed by atoms with E-state index in [4.69, 9.17) is 19.9 Å². The molecule has 9 heteroatoms. The van der Waals surface area contributed by atoms with E-state index >= 15 is 0 Å². The minimum Gasteiger partial charge on any atom is -0.480 e. The molecule has 0 spiro atoms. The number of carbonyl (C=O) groups excluding carboxylic acids is 3. The molecule has 0 saturated carbocycles. The van der Waals surface area contributed by atoms with Crippen LogP contribution in [-0.2, 0) is 23.9 Å². The Labute approximate surface area is 213 Å². The normalized spacial score (nSPS) is 13.9. The van der Waals surface area contributed by atoms with Crippen LogP contribution in [0.1, 0.15) is 85.6 Å². The van der Waals surface area contributed by atoms with E-state index in [1.807, 2.05) is 41.5 Å². The van der Waals surface area contributed by atoms with Gasteiger partial charge in [-0.05, 0) is 48.8 Å². The van der Waals surface area contributed by atoms with Crippen LogP contribution in [0.4, 0.5) is 0 Å². The first-order chi connectivity index (χ1) is 16.7. The number of rotatable bonds is 14. The molecule has 1 aromatic carbocycles. The fraction of sp³-hybridized carbons (Fsp3) is 0.630. The minimum absolute atomic E-state index is 0.00213. The van der Waals surface area contributed by atoms with Gasteiger partial charge in [0.15, 0.2) is 11.5 Å². The number of hydrogen-bond donors (Lipinski definition) is 2. The Bertz CT molecular complexity index is 909. The van der Waals surface area contributed by atoms with Crippen molar-refractivity contribution in [3.63, 3.8) is 0 Å². The number of hydrogen-bond acceptors (Lipinski definition) is 8. The largest absolute Gasteiger partial charge is 0.480 e. The molecule has 0 saturated heterocycles. The predicted molar refractivity (Wildman–Crippen MR) is 135 cm³/mol. The van der Waals surface area contributed by atoms with Gasteiger partial charge in [0.1, 0.15) is 6.04 Å². The van der Waals surface area contributed by atoms with Crippen molar-refractivity contribution in [1.29, 1.82) is 0 Å². The second-order valence-corrected chi connectivity index (χ2v) is 10.5. The van der Waals surface area contributed by atoms with Crippen LogP contribution in [0.15, 0.2) is 18.2 Å². The number of ether oxygens (including phenoxy) is 3. The van der Waals surface area contributed by atoms with Crippen molar-refractivity contribution in [2.45, 2.75) is 92.2 Å². The summed E-state index contributed by atoms with van der Waals surface area (Å²) in [6.07, 6.45) is 0.0783. The zero-order valence-corrected chi connectivity index (χ0v) is 22.4. The summed E-state index contributed by atoms with van der Waals surface area (Å²) in [7, 11) is 0. The van der Waals surface area contributed by atoms with Gasteiger partial charge in [0, 0.05) is 25.2 Å². The van der Waals surface area contributed by atoms with E-state index in [1.165, 1.54) is 12.1 Å². The quantitative estimate of drug-likeness (QED) is 0.276. The molecule has 0 aliphatic rings. The van der Waals surface area contributed by atoms with Gasteiger partial charge in [-0.2, -0.15) is 0 Å². The third kappa shape index (κ3) is 11.2. The number of nitrogens with two attached hydrogens (primary N) is 1. The van der Waals surface area contributed by atoms with Gasteiger partial charge in [-0.25, -0.2) is 0 Å². The summed E-state index contributed by atoms with van der Waals surface area (Å²) >= 11 is 0. The molecule has 202 valence electrons. The lowest BCUT2D eigenvalue weighted by Crippen LogP contribution is -2.38. The van der Waals surface area contributed by atoms with Crippen molar-refractivity contribution in [2.24, 2.45) is 23.5 Å². The van der Waals surface area contributed by atoms with Crippen LogP contribution in [0.25, 0.3) is 0 Å². The highest BCUT2D eigenvalue weighted by Gasteiger charge is 2.30. The molecule has 0 heterocycles. The molecule has 1 aromatic rings. The van der Waals surface area contributed by atoms with Crippen molar-refractivity contribution in [1.82, 2.24) is 0 Å².